The van der Waals surface area contributed by atoms with E-state index in [2.05, 4.69) is 4.90 Å². The Balaban J connectivity index is 1.42. The first-order valence-electron chi connectivity index (χ1n) is 8.79. The van der Waals surface area contributed by atoms with Crippen LogP contribution in [0.15, 0.2) is 24.3 Å². The zero-order valence-electron chi connectivity index (χ0n) is 13.8. The molecular formula is C19H23N3OS. The molecular weight excluding hydrogens is 318 g/mol. The molecule has 0 bridgehead atoms. The molecule has 2 aliphatic rings. The molecule has 126 valence electrons. The lowest BCUT2D eigenvalue weighted by molar-refractivity contribution is 0.100. The second-order valence-corrected chi connectivity index (χ2v) is 8.00. The third-order valence-corrected chi connectivity index (χ3v) is 6.43. The second kappa shape index (κ2) is 6.65. The van der Waals surface area contributed by atoms with Gasteiger partial charge in [0.15, 0.2) is 0 Å². The van der Waals surface area contributed by atoms with Crippen LogP contribution in [0.5, 0.6) is 0 Å². The van der Waals surface area contributed by atoms with Crippen molar-refractivity contribution < 1.29 is 4.79 Å². The number of rotatable bonds is 4. The van der Waals surface area contributed by atoms with Crippen LogP contribution in [0.2, 0.25) is 0 Å². The van der Waals surface area contributed by atoms with Crippen LogP contribution in [0, 0.1) is 0 Å². The van der Waals surface area contributed by atoms with Gasteiger partial charge in [-0.2, -0.15) is 0 Å². The van der Waals surface area contributed by atoms with E-state index >= 15 is 0 Å². The minimum atomic E-state index is -0.376. The summed E-state index contributed by atoms with van der Waals surface area (Å²) in [5.74, 6) is -0.376. The summed E-state index contributed by atoms with van der Waals surface area (Å²) in [5.41, 5.74) is 8.34. The molecule has 0 atom stereocenters. The van der Waals surface area contributed by atoms with Crippen molar-refractivity contribution in [2.24, 2.45) is 5.73 Å². The molecule has 1 aliphatic heterocycles. The highest BCUT2D eigenvalue weighted by Crippen LogP contribution is 2.29. The molecule has 1 aliphatic carbocycles. The molecule has 2 N–H and O–H groups in total. The number of hydrogen-bond donors (Lipinski definition) is 1. The van der Waals surface area contributed by atoms with Crippen LogP contribution in [-0.2, 0) is 19.3 Å². The van der Waals surface area contributed by atoms with Gasteiger partial charge in [0.25, 0.3) is 0 Å². The molecule has 2 aromatic rings. The van der Waals surface area contributed by atoms with Crippen molar-refractivity contribution >= 4 is 17.2 Å². The smallest absolute Gasteiger partial charge is 0.248 e. The number of thiazole rings is 1. The minimum absolute atomic E-state index is 0.376. The molecule has 0 unspecified atom stereocenters. The van der Waals surface area contributed by atoms with E-state index in [0.29, 0.717) is 5.56 Å². The fourth-order valence-corrected chi connectivity index (χ4v) is 4.73. The summed E-state index contributed by atoms with van der Waals surface area (Å²) >= 11 is 1.86. The second-order valence-electron chi connectivity index (χ2n) is 6.84. The van der Waals surface area contributed by atoms with Crippen molar-refractivity contribution in [1.29, 1.82) is 0 Å². The minimum Gasteiger partial charge on any atom is -0.366 e. The van der Waals surface area contributed by atoms with E-state index in [1.807, 2.05) is 23.5 Å². The molecule has 4 rings (SSSR count). The van der Waals surface area contributed by atoms with Crippen molar-refractivity contribution in [2.75, 3.05) is 13.1 Å². The molecule has 4 nitrogen and oxygen atoms in total. The van der Waals surface area contributed by atoms with Crippen molar-refractivity contribution in [3.63, 3.8) is 0 Å². The first-order chi connectivity index (χ1) is 11.7. The van der Waals surface area contributed by atoms with Crippen molar-refractivity contribution in [2.45, 2.75) is 44.6 Å². The van der Waals surface area contributed by atoms with Crippen LogP contribution in [0.25, 0.3) is 0 Å². The van der Waals surface area contributed by atoms with Gasteiger partial charge >= 0.3 is 0 Å². The van der Waals surface area contributed by atoms with Crippen LogP contribution < -0.4 is 5.73 Å². The van der Waals surface area contributed by atoms with Crippen LogP contribution >= 0.6 is 11.3 Å². The van der Waals surface area contributed by atoms with Gasteiger partial charge in [0.05, 0.1) is 10.7 Å². The Morgan fingerprint density at radius 1 is 1.21 bits per heavy atom. The molecule has 1 aromatic carbocycles. The molecule has 24 heavy (non-hydrogen) atoms. The highest BCUT2D eigenvalue weighted by molar-refractivity contribution is 7.11. The fraction of sp³-hybridized carbons (Fsp3) is 0.474. The molecule has 5 heteroatoms. The Labute approximate surface area is 146 Å². The highest BCUT2D eigenvalue weighted by atomic mass is 32.1. The lowest BCUT2D eigenvalue weighted by atomic mass is 9.91. The maximum absolute atomic E-state index is 11.1. The number of nitrogens with zero attached hydrogens (tertiary/aromatic N) is 2. The van der Waals surface area contributed by atoms with E-state index in [0.717, 1.165) is 31.8 Å². The Morgan fingerprint density at radius 3 is 2.62 bits per heavy atom. The highest BCUT2D eigenvalue weighted by Gasteiger charge is 2.27. The summed E-state index contributed by atoms with van der Waals surface area (Å²) in [6, 6.07) is 8.39. The third kappa shape index (κ3) is 3.23. The quantitative estimate of drug-likeness (QED) is 0.930. The summed E-state index contributed by atoms with van der Waals surface area (Å²) in [6.07, 6.45) is 7.23. The van der Waals surface area contributed by atoms with Crippen LogP contribution in [0.4, 0.5) is 0 Å². The fourth-order valence-electron chi connectivity index (χ4n) is 3.59. The maximum atomic E-state index is 11.1. The first kappa shape index (κ1) is 15.8. The van der Waals surface area contributed by atoms with Gasteiger partial charge in [-0.1, -0.05) is 18.6 Å². The lowest BCUT2D eigenvalue weighted by Gasteiger charge is -2.36. The van der Waals surface area contributed by atoms with E-state index < -0.39 is 0 Å². The average molecular weight is 341 g/mol. The standard InChI is InChI=1S/C19H23N3OS/c20-19(23)14-6-4-13(5-7-14)12-18-21-16-8-10-22(15-2-1-3-15)11-9-17(16)24-18/h4-7,15H,1-3,8-12H2,(H2,20,23). The van der Waals surface area contributed by atoms with Gasteiger partial charge in [-0.3, -0.25) is 9.69 Å². The van der Waals surface area contributed by atoms with Crippen molar-refractivity contribution in [3.8, 4) is 0 Å². The molecule has 2 heterocycles. The molecule has 1 aromatic heterocycles. The molecule has 0 spiro atoms. The number of aromatic nitrogens is 1. The zero-order valence-corrected chi connectivity index (χ0v) is 14.6. The normalized spacial score (nSPS) is 18.7. The van der Waals surface area contributed by atoms with E-state index in [1.54, 1.807) is 12.1 Å². The molecule has 0 saturated heterocycles. The summed E-state index contributed by atoms with van der Waals surface area (Å²) in [4.78, 5) is 20.2. The summed E-state index contributed by atoms with van der Waals surface area (Å²) < 4.78 is 0. The zero-order chi connectivity index (χ0) is 16.5. The SMILES string of the molecule is NC(=O)c1ccc(Cc2nc3c(s2)CCN(C2CCC2)CC3)cc1. The summed E-state index contributed by atoms with van der Waals surface area (Å²) in [5, 5.41) is 1.18. The van der Waals surface area contributed by atoms with Gasteiger partial charge in [-0.05, 0) is 37.0 Å². The topological polar surface area (TPSA) is 59.2 Å². The molecule has 1 saturated carbocycles. The predicted molar refractivity (Wildman–Crippen MR) is 96.5 cm³/mol. The number of nitrogens with two attached hydrogens (primary N) is 1. The van der Waals surface area contributed by atoms with Crippen molar-refractivity contribution in [3.05, 3.63) is 51.0 Å². The maximum Gasteiger partial charge on any atom is 0.248 e. The number of amides is 1. The Bertz CT molecular complexity index is 708. The molecule has 1 amide bonds. The Hall–Kier alpha value is -1.72. The monoisotopic (exact) mass is 341 g/mol. The third-order valence-electron chi connectivity index (χ3n) is 5.27. The van der Waals surface area contributed by atoms with Gasteiger partial charge in [-0.25, -0.2) is 4.98 Å². The van der Waals surface area contributed by atoms with Crippen LogP contribution in [0.1, 0.15) is 50.8 Å². The van der Waals surface area contributed by atoms with Crippen LogP contribution in [0.3, 0.4) is 0 Å². The largest absolute Gasteiger partial charge is 0.366 e. The van der Waals surface area contributed by atoms with Gasteiger partial charge in [0.2, 0.25) is 5.91 Å². The van der Waals surface area contributed by atoms with Crippen LogP contribution in [-0.4, -0.2) is 34.9 Å². The van der Waals surface area contributed by atoms with Crippen molar-refractivity contribution in [1.82, 2.24) is 9.88 Å². The van der Waals surface area contributed by atoms with E-state index in [4.69, 9.17) is 10.7 Å². The number of hydrogen-bond acceptors (Lipinski definition) is 4. The van der Waals surface area contributed by atoms with E-state index in [1.165, 1.54) is 46.9 Å². The van der Waals surface area contributed by atoms with E-state index in [9.17, 15) is 4.79 Å². The number of carbonyl (C=O) groups excluding carboxylic acids is 1. The van der Waals surface area contributed by atoms with E-state index in [-0.39, 0.29) is 5.91 Å². The van der Waals surface area contributed by atoms with Gasteiger partial charge < -0.3 is 5.73 Å². The van der Waals surface area contributed by atoms with Gasteiger partial charge in [-0.15, -0.1) is 11.3 Å². The summed E-state index contributed by atoms with van der Waals surface area (Å²) in [7, 11) is 0. The predicted octanol–water partition coefficient (Wildman–Crippen LogP) is 2.79. The lowest BCUT2D eigenvalue weighted by Crippen LogP contribution is -2.41. The Morgan fingerprint density at radius 2 is 1.96 bits per heavy atom. The first-order valence-corrected chi connectivity index (χ1v) is 9.61. The number of carbonyl (C=O) groups is 1. The Kier molecular flexibility index (Phi) is 4.37. The number of benzene rings is 1. The molecule has 0 radical (unpaired) electrons. The number of fused-ring (bicyclic) bond motifs is 1. The van der Waals surface area contributed by atoms with Gasteiger partial charge in [0.1, 0.15) is 0 Å². The van der Waals surface area contributed by atoms with Gasteiger partial charge in [0, 0.05) is 42.4 Å². The molecule has 1 fully saturated rings. The number of primary amides is 1. The summed E-state index contributed by atoms with van der Waals surface area (Å²) in [6.45, 7) is 2.35. The average Bonchev–Trinajstić information content (AvgIpc) is 2.81.